The van der Waals surface area contributed by atoms with E-state index in [4.69, 9.17) is 11.5 Å². The summed E-state index contributed by atoms with van der Waals surface area (Å²) < 4.78 is 0. The largest absolute Gasteiger partial charge is 0.477 e. The molecule has 2 amide bonds. The van der Waals surface area contributed by atoms with Gasteiger partial charge in [0.15, 0.2) is 0 Å². The van der Waals surface area contributed by atoms with Crippen LogP contribution in [0.3, 0.4) is 0 Å². The van der Waals surface area contributed by atoms with Crippen molar-refractivity contribution in [3.05, 3.63) is 21.2 Å². The minimum Gasteiger partial charge on any atom is -0.477 e. The fourth-order valence-electron chi connectivity index (χ4n) is 5.31. The van der Waals surface area contributed by atoms with Gasteiger partial charge in [-0.3, -0.25) is 19.6 Å². The summed E-state index contributed by atoms with van der Waals surface area (Å²) in [5, 5.41) is 37.7. The van der Waals surface area contributed by atoms with Gasteiger partial charge in [0.25, 0.3) is 0 Å². The Morgan fingerprint density at radius 3 is 1.43 bits per heavy atom. The van der Waals surface area contributed by atoms with E-state index in [0.29, 0.717) is 47.2 Å². The van der Waals surface area contributed by atoms with E-state index in [2.05, 4.69) is 9.98 Å². The zero-order valence-electron chi connectivity index (χ0n) is 23.0. The standard InChI is InChI=1S/2C12H17N3O4S.2H2O/c2*1-6(16)9-7-4-8(20-3-2-14-5-13)10(12(18)19)15(7)11(9)17;;/h2*5-7,9,16H,2-4H2,1H3,(H2,13,14)(H,18,19);2*1H2/t2*6-,7-,9-;;/m11../s1. The molecule has 0 bridgehead atoms. The molecule has 0 unspecified atom stereocenters. The first-order valence-electron chi connectivity index (χ1n) is 12.6. The molecular formula is C24H38N6O10S2. The number of thioether (sulfide) groups is 2. The maximum Gasteiger partial charge on any atom is 0.353 e. The van der Waals surface area contributed by atoms with Crippen molar-refractivity contribution in [1.29, 1.82) is 0 Å². The number of nitrogens with zero attached hydrogens (tertiary/aromatic N) is 4. The monoisotopic (exact) mass is 634 g/mol. The Morgan fingerprint density at radius 1 is 0.833 bits per heavy atom. The van der Waals surface area contributed by atoms with Crippen LogP contribution in [0.2, 0.25) is 0 Å². The van der Waals surface area contributed by atoms with E-state index in [1.165, 1.54) is 46.0 Å². The lowest BCUT2D eigenvalue weighted by Gasteiger charge is -2.44. The van der Waals surface area contributed by atoms with Gasteiger partial charge in [-0.25, -0.2) is 9.59 Å². The predicted octanol–water partition coefficient (Wildman–Crippen LogP) is -2.42. The number of aliphatic carboxylic acids is 2. The third-order valence-corrected chi connectivity index (χ3v) is 9.18. The summed E-state index contributed by atoms with van der Waals surface area (Å²) >= 11 is 2.76. The van der Waals surface area contributed by atoms with Gasteiger partial charge in [-0.2, -0.15) is 0 Å². The fraction of sp³-hybridized carbons (Fsp3) is 0.583. The summed E-state index contributed by atoms with van der Waals surface area (Å²) in [6.07, 6.45) is 1.87. The number of nitrogens with two attached hydrogens (primary N) is 2. The van der Waals surface area contributed by atoms with Gasteiger partial charge in [-0.05, 0) is 13.8 Å². The first-order valence-corrected chi connectivity index (χ1v) is 14.6. The van der Waals surface area contributed by atoms with Gasteiger partial charge < -0.3 is 52.6 Å². The Labute approximate surface area is 250 Å². The number of aliphatic hydroxyl groups excluding tert-OH is 2. The quantitative estimate of drug-likeness (QED) is 0.0566. The van der Waals surface area contributed by atoms with Crippen molar-refractivity contribution in [2.45, 2.75) is 51.0 Å². The van der Waals surface area contributed by atoms with E-state index in [0.717, 1.165) is 0 Å². The Morgan fingerprint density at radius 2 is 1.17 bits per heavy atom. The minimum absolute atomic E-state index is 0. The molecule has 0 aromatic rings. The Kier molecular flexibility index (Phi) is 14.0. The first-order chi connectivity index (χ1) is 19.0. The van der Waals surface area contributed by atoms with Crippen LogP contribution >= 0.6 is 23.5 Å². The highest BCUT2D eigenvalue weighted by Gasteiger charge is 2.57. The number of rotatable bonds is 12. The Balaban J connectivity index is 0.000000401. The molecule has 2 fully saturated rings. The number of fused-ring (bicyclic) bond motifs is 2. The van der Waals surface area contributed by atoms with Crippen LogP contribution in [-0.4, -0.2) is 126 Å². The van der Waals surface area contributed by atoms with Gasteiger partial charge in [0.1, 0.15) is 11.4 Å². The van der Waals surface area contributed by atoms with Gasteiger partial charge in [0.05, 0.1) is 61.9 Å². The second kappa shape index (κ2) is 15.9. The molecule has 0 radical (unpaired) electrons. The lowest BCUT2D eigenvalue weighted by atomic mass is 9.83. The SMILES string of the molecule is C[C@@H](O)[C@H]1C(=O)N2C(C(=O)O)=C(SCCN=CN)C[C@H]12.C[C@@H](O)[C@H]1C(=O)N2C(C(=O)O)=C(SCCN=CN)C[C@H]12.O.O. The molecule has 18 heteroatoms. The first kappa shape index (κ1) is 36.9. The molecule has 2 saturated heterocycles. The summed E-state index contributed by atoms with van der Waals surface area (Å²) in [6, 6.07) is -0.455. The molecule has 0 spiro atoms. The number of amides is 2. The van der Waals surface area contributed by atoms with E-state index >= 15 is 0 Å². The molecule has 12 N–H and O–H groups in total. The predicted molar refractivity (Wildman–Crippen MR) is 157 cm³/mol. The van der Waals surface area contributed by atoms with Gasteiger partial charge in [-0.15, -0.1) is 23.5 Å². The number of carbonyl (C=O) groups excluding carboxylic acids is 2. The molecule has 0 aromatic heterocycles. The summed E-state index contributed by atoms with van der Waals surface area (Å²) in [5.74, 6) is -2.60. The maximum atomic E-state index is 11.9. The van der Waals surface area contributed by atoms with Crippen molar-refractivity contribution in [2.24, 2.45) is 33.3 Å². The van der Waals surface area contributed by atoms with E-state index in [-0.39, 0.29) is 46.2 Å². The summed E-state index contributed by atoms with van der Waals surface area (Å²) in [5.41, 5.74) is 10.4. The van der Waals surface area contributed by atoms with Gasteiger partial charge in [-0.1, -0.05) is 0 Å². The zero-order chi connectivity index (χ0) is 29.7. The van der Waals surface area contributed by atoms with E-state index in [1.807, 2.05) is 0 Å². The summed E-state index contributed by atoms with van der Waals surface area (Å²) in [7, 11) is 0. The van der Waals surface area contributed by atoms with Crippen LogP contribution in [0.25, 0.3) is 0 Å². The Bertz CT molecular complexity index is 1070. The smallest absolute Gasteiger partial charge is 0.353 e. The van der Waals surface area contributed by atoms with Crippen molar-refractivity contribution < 1.29 is 50.6 Å². The van der Waals surface area contributed by atoms with Crippen LogP contribution in [0.15, 0.2) is 31.2 Å². The topological polar surface area (TPSA) is 295 Å². The van der Waals surface area contributed by atoms with Gasteiger partial charge in [0.2, 0.25) is 11.8 Å². The summed E-state index contributed by atoms with van der Waals surface area (Å²) in [4.78, 5) is 58.2. The number of carboxylic acids is 2. The molecule has 0 saturated carbocycles. The molecule has 0 aliphatic carbocycles. The van der Waals surface area contributed by atoms with Crippen molar-refractivity contribution in [3.8, 4) is 0 Å². The highest BCUT2D eigenvalue weighted by molar-refractivity contribution is 8.03. The molecular weight excluding hydrogens is 596 g/mol. The van der Waals surface area contributed by atoms with E-state index < -0.39 is 36.0 Å². The normalized spacial score (nSPS) is 25.6. The molecule has 4 rings (SSSR count). The highest BCUT2D eigenvalue weighted by atomic mass is 32.2. The Hall–Kier alpha value is -3.16. The number of aliphatic hydroxyl groups is 2. The van der Waals surface area contributed by atoms with Crippen molar-refractivity contribution in [1.82, 2.24) is 9.80 Å². The van der Waals surface area contributed by atoms with Gasteiger partial charge in [0, 0.05) is 34.2 Å². The third-order valence-electron chi connectivity index (χ3n) is 6.99. The average Bonchev–Trinajstić information content (AvgIpc) is 3.37. The molecule has 236 valence electrons. The lowest BCUT2D eigenvalue weighted by Crippen LogP contribution is -2.61. The number of β-lactam (4-membered cyclic amide) rings is 2. The minimum atomic E-state index is -1.10. The van der Waals surface area contributed by atoms with Crippen LogP contribution in [0.5, 0.6) is 0 Å². The number of carboxylic acid groups (broad SMARTS) is 2. The number of aliphatic imine (C=N–C) groups is 2. The third kappa shape index (κ3) is 7.24. The molecule has 4 heterocycles. The second-order valence-electron chi connectivity index (χ2n) is 9.45. The number of hydrogen-bond acceptors (Lipinski definition) is 10. The van der Waals surface area contributed by atoms with E-state index in [9.17, 15) is 39.6 Å². The molecule has 16 nitrogen and oxygen atoms in total. The average molecular weight is 635 g/mol. The van der Waals surface area contributed by atoms with Crippen LogP contribution in [0, 0.1) is 11.8 Å². The van der Waals surface area contributed by atoms with Crippen molar-refractivity contribution in [3.63, 3.8) is 0 Å². The summed E-state index contributed by atoms with van der Waals surface area (Å²) in [6.45, 7) is 4.11. The maximum absolute atomic E-state index is 11.9. The zero-order valence-corrected chi connectivity index (χ0v) is 24.7. The second-order valence-corrected chi connectivity index (χ2v) is 11.8. The van der Waals surface area contributed by atoms with Gasteiger partial charge >= 0.3 is 11.9 Å². The van der Waals surface area contributed by atoms with Crippen LogP contribution in [-0.2, 0) is 19.2 Å². The van der Waals surface area contributed by atoms with Crippen LogP contribution in [0.1, 0.15) is 26.7 Å². The number of hydrogen-bond donors (Lipinski definition) is 6. The fourth-order valence-corrected chi connectivity index (χ4v) is 7.42. The van der Waals surface area contributed by atoms with Crippen LogP contribution < -0.4 is 11.5 Å². The van der Waals surface area contributed by atoms with E-state index in [1.54, 1.807) is 13.8 Å². The molecule has 0 aromatic carbocycles. The number of carbonyl (C=O) groups is 4. The van der Waals surface area contributed by atoms with Crippen molar-refractivity contribution in [2.75, 3.05) is 24.6 Å². The lowest BCUT2D eigenvalue weighted by molar-refractivity contribution is -0.161. The molecule has 42 heavy (non-hydrogen) atoms. The molecule has 4 aliphatic heterocycles. The van der Waals surface area contributed by atoms with Crippen LogP contribution in [0.4, 0.5) is 0 Å². The van der Waals surface area contributed by atoms with Crippen molar-refractivity contribution >= 4 is 60.0 Å². The highest BCUT2D eigenvalue weighted by Crippen LogP contribution is 2.48. The molecule has 6 atom stereocenters. The molecule has 4 aliphatic rings.